The van der Waals surface area contributed by atoms with E-state index in [0.717, 1.165) is 17.1 Å². The maximum Gasteiger partial charge on any atom is 0.0542 e. The van der Waals surface area contributed by atoms with Crippen LogP contribution in [0.3, 0.4) is 0 Å². The molecular formula is C42H38N2. The molecular weight excluding hydrogens is 532 g/mol. The van der Waals surface area contributed by atoms with Gasteiger partial charge in [-0.25, -0.2) is 0 Å². The maximum absolute atomic E-state index is 2.47. The van der Waals surface area contributed by atoms with Crippen molar-refractivity contribution in [1.29, 1.82) is 0 Å². The Labute approximate surface area is 260 Å². The van der Waals surface area contributed by atoms with Crippen LogP contribution in [0.5, 0.6) is 0 Å². The highest BCUT2D eigenvalue weighted by Crippen LogP contribution is 2.47. The summed E-state index contributed by atoms with van der Waals surface area (Å²) in [4.78, 5) is 2.38. The van der Waals surface area contributed by atoms with E-state index in [2.05, 4.69) is 171 Å². The van der Waals surface area contributed by atoms with E-state index >= 15 is 0 Å². The lowest BCUT2D eigenvalue weighted by molar-refractivity contribution is 0.332. The van der Waals surface area contributed by atoms with Gasteiger partial charge in [-0.15, -0.1) is 0 Å². The van der Waals surface area contributed by atoms with E-state index in [-0.39, 0.29) is 10.8 Å². The highest BCUT2D eigenvalue weighted by Gasteiger charge is 2.37. The smallest absolute Gasteiger partial charge is 0.0542 e. The molecule has 216 valence electrons. The number of rotatable bonds is 4. The maximum atomic E-state index is 2.47. The first kappa shape index (κ1) is 26.8. The normalized spacial score (nSPS) is 15.5. The van der Waals surface area contributed by atoms with Crippen LogP contribution in [0, 0.1) is 0 Å². The highest BCUT2D eigenvalue weighted by molar-refractivity contribution is 6.10. The summed E-state index contributed by atoms with van der Waals surface area (Å²) in [6, 6.07) is 49.1. The zero-order valence-electron chi connectivity index (χ0n) is 26.0. The van der Waals surface area contributed by atoms with Crippen molar-refractivity contribution in [2.45, 2.75) is 51.4 Å². The van der Waals surface area contributed by atoms with Crippen LogP contribution in [-0.2, 0) is 10.8 Å². The molecule has 0 aliphatic heterocycles. The predicted octanol–water partition coefficient (Wildman–Crippen LogP) is 11.8. The number of benzene rings is 6. The molecule has 0 atom stereocenters. The third-order valence-corrected chi connectivity index (χ3v) is 10.0. The minimum Gasteiger partial charge on any atom is -0.310 e. The number of hydrogen-bond acceptors (Lipinski definition) is 1. The summed E-state index contributed by atoms with van der Waals surface area (Å²) < 4.78 is 2.47. The van der Waals surface area contributed by atoms with Crippen LogP contribution >= 0.6 is 0 Å². The van der Waals surface area contributed by atoms with Crippen molar-refractivity contribution in [2.75, 3.05) is 4.90 Å². The molecule has 7 aromatic rings. The fraction of sp³-hybridized carbons (Fsp3) is 0.190. The molecule has 1 aliphatic rings. The lowest BCUT2D eigenvalue weighted by Crippen LogP contribution is -2.33. The van der Waals surface area contributed by atoms with Crippen molar-refractivity contribution < 1.29 is 0 Å². The Morgan fingerprint density at radius 2 is 1.11 bits per heavy atom. The van der Waals surface area contributed by atoms with E-state index in [9.17, 15) is 0 Å². The van der Waals surface area contributed by atoms with Crippen LogP contribution in [0.15, 0.2) is 133 Å². The van der Waals surface area contributed by atoms with Gasteiger partial charge in [-0.2, -0.15) is 0 Å². The van der Waals surface area contributed by atoms with Crippen LogP contribution in [0.4, 0.5) is 17.1 Å². The Morgan fingerprint density at radius 1 is 0.477 bits per heavy atom. The third-order valence-electron chi connectivity index (χ3n) is 10.0. The van der Waals surface area contributed by atoms with Crippen LogP contribution < -0.4 is 4.90 Å². The van der Waals surface area contributed by atoms with E-state index in [0.29, 0.717) is 0 Å². The Morgan fingerprint density at radius 3 is 1.93 bits per heavy atom. The lowest BCUT2D eigenvalue weighted by atomic mass is 9.63. The van der Waals surface area contributed by atoms with Crippen molar-refractivity contribution in [2.24, 2.45) is 0 Å². The minimum atomic E-state index is 0.156. The molecule has 0 amide bonds. The van der Waals surface area contributed by atoms with Gasteiger partial charge < -0.3 is 9.47 Å². The first-order valence-corrected chi connectivity index (χ1v) is 15.8. The summed E-state index contributed by atoms with van der Waals surface area (Å²) in [5.41, 5.74) is 10.5. The molecule has 1 heterocycles. The predicted molar refractivity (Wildman–Crippen MR) is 188 cm³/mol. The van der Waals surface area contributed by atoms with Gasteiger partial charge in [0.25, 0.3) is 0 Å². The summed E-state index contributed by atoms with van der Waals surface area (Å²) in [6.07, 6.45) is 2.43. The van der Waals surface area contributed by atoms with Gasteiger partial charge in [0.1, 0.15) is 0 Å². The van der Waals surface area contributed by atoms with E-state index in [1.807, 2.05) is 0 Å². The molecule has 1 aliphatic carbocycles. The number of para-hydroxylation sites is 2. The second kappa shape index (κ2) is 9.86. The lowest BCUT2D eigenvalue weighted by Gasteiger charge is -2.42. The molecule has 0 radical (unpaired) electrons. The van der Waals surface area contributed by atoms with Crippen molar-refractivity contribution >= 4 is 49.6 Å². The first-order valence-electron chi connectivity index (χ1n) is 15.8. The quantitative estimate of drug-likeness (QED) is 0.204. The summed E-state index contributed by atoms with van der Waals surface area (Å²) in [6.45, 7) is 9.62. The third kappa shape index (κ3) is 4.24. The number of nitrogens with zero attached hydrogens (tertiary/aromatic N) is 2. The molecule has 0 saturated carbocycles. The molecule has 2 heteroatoms. The monoisotopic (exact) mass is 570 g/mol. The van der Waals surface area contributed by atoms with E-state index in [1.165, 1.54) is 62.2 Å². The number of hydrogen-bond donors (Lipinski definition) is 0. The highest BCUT2D eigenvalue weighted by atomic mass is 15.1. The summed E-state index contributed by atoms with van der Waals surface area (Å²) in [5.74, 6) is 0. The molecule has 44 heavy (non-hydrogen) atoms. The molecule has 0 fully saturated rings. The molecule has 6 aromatic carbocycles. The minimum absolute atomic E-state index is 0.156. The van der Waals surface area contributed by atoms with Crippen LogP contribution in [0.1, 0.15) is 51.7 Å². The average molecular weight is 571 g/mol. The van der Waals surface area contributed by atoms with Crippen molar-refractivity contribution in [3.8, 4) is 5.69 Å². The first-order chi connectivity index (χ1) is 21.3. The molecule has 1 aromatic heterocycles. The van der Waals surface area contributed by atoms with Gasteiger partial charge in [0.2, 0.25) is 0 Å². The van der Waals surface area contributed by atoms with Crippen LogP contribution in [-0.4, -0.2) is 4.57 Å². The average Bonchev–Trinajstić information content (AvgIpc) is 3.37. The molecule has 0 N–H and O–H groups in total. The van der Waals surface area contributed by atoms with Gasteiger partial charge in [0, 0.05) is 33.5 Å². The van der Waals surface area contributed by atoms with Gasteiger partial charge >= 0.3 is 0 Å². The van der Waals surface area contributed by atoms with Crippen molar-refractivity contribution in [3.05, 3.63) is 145 Å². The second-order valence-corrected chi connectivity index (χ2v) is 13.8. The van der Waals surface area contributed by atoms with E-state index in [1.54, 1.807) is 0 Å². The molecule has 2 nitrogen and oxygen atoms in total. The van der Waals surface area contributed by atoms with Gasteiger partial charge in [-0.05, 0) is 106 Å². The van der Waals surface area contributed by atoms with Crippen molar-refractivity contribution in [1.82, 2.24) is 4.57 Å². The second-order valence-electron chi connectivity index (χ2n) is 13.8. The van der Waals surface area contributed by atoms with Crippen LogP contribution in [0.25, 0.3) is 38.3 Å². The molecule has 0 spiro atoms. The zero-order chi connectivity index (χ0) is 30.1. The van der Waals surface area contributed by atoms with Gasteiger partial charge in [0.05, 0.1) is 11.0 Å². The Kier molecular flexibility index (Phi) is 6.00. The van der Waals surface area contributed by atoms with Gasteiger partial charge in [-0.3, -0.25) is 0 Å². The Balaban J connectivity index is 1.34. The number of anilines is 3. The SMILES string of the molecule is CC1(C)CCC(C)(C)c2cc(-n3c4ccccc4c4cc(N(c5ccccc5)c5ccc6ccccc6c5)ccc43)ccc21. The van der Waals surface area contributed by atoms with E-state index < -0.39 is 0 Å². The van der Waals surface area contributed by atoms with Gasteiger partial charge in [-0.1, -0.05) is 100 Å². The summed E-state index contributed by atoms with van der Waals surface area (Å²) in [7, 11) is 0. The standard InChI is InChI=1S/C42H38N2/c1-41(2)24-25-42(3,4)38-28-34(20-22-37(38)41)44-39-17-11-10-16-35(39)36-27-33(21-23-40(36)44)43(31-14-6-5-7-15-31)32-19-18-29-12-8-9-13-30(29)26-32/h5-23,26-28H,24-25H2,1-4H3. The number of fused-ring (bicyclic) bond motifs is 5. The zero-order valence-corrected chi connectivity index (χ0v) is 26.0. The molecule has 0 saturated heterocycles. The molecule has 0 bridgehead atoms. The fourth-order valence-electron chi connectivity index (χ4n) is 7.43. The number of aromatic nitrogens is 1. The molecule has 0 unspecified atom stereocenters. The largest absolute Gasteiger partial charge is 0.310 e. The Bertz CT molecular complexity index is 2180. The van der Waals surface area contributed by atoms with Crippen LogP contribution in [0.2, 0.25) is 0 Å². The summed E-state index contributed by atoms with van der Waals surface area (Å²) in [5, 5.41) is 5.02. The van der Waals surface area contributed by atoms with Crippen molar-refractivity contribution in [3.63, 3.8) is 0 Å². The Hall–Kier alpha value is -4.82. The van der Waals surface area contributed by atoms with Gasteiger partial charge in [0.15, 0.2) is 0 Å². The topological polar surface area (TPSA) is 8.17 Å². The molecule has 8 rings (SSSR count). The summed E-state index contributed by atoms with van der Waals surface area (Å²) >= 11 is 0. The fourth-order valence-corrected chi connectivity index (χ4v) is 7.43. The van der Waals surface area contributed by atoms with E-state index in [4.69, 9.17) is 0 Å².